The molecule has 0 aliphatic carbocycles. The molecule has 0 atom stereocenters. The lowest BCUT2D eigenvalue weighted by atomic mass is 10.1. The van der Waals surface area contributed by atoms with Crippen LogP contribution in [0.4, 0.5) is 0 Å². The third kappa shape index (κ3) is 6.03. The van der Waals surface area contributed by atoms with Gasteiger partial charge in [0.2, 0.25) is 10.0 Å². The number of ether oxygens (including phenoxy) is 3. The van der Waals surface area contributed by atoms with Gasteiger partial charge in [-0.15, -0.1) is 0 Å². The van der Waals surface area contributed by atoms with Gasteiger partial charge in [0, 0.05) is 13.1 Å². The van der Waals surface area contributed by atoms with E-state index in [1.807, 2.05) is 0 Å². The minimum absolute atomic E-state index is 0.195. The molecule has 0 bridgehead atoms. The van der Waals surface area contributed by atoms with Crippen LogP contribution in [0.1, 0.15) is 12.5 Å². The minimum atomic E-state index is -3.55. The van der Waals surface area contributed by atoms with Crippen molar-refractivity contribution in [1.82, 2.24) is 9.73 Å². The lowest BCUT2D eigenvalue weighted by Crippen LogP contribution is -2.40. The number of methoxy groups -OCH3 is 1. The molecule has 0 unspecified atom stereocenters. The summed E-state index contributed by atoms with van der Waals surface area (Å²) < 4.78 is 42.4. The molecule has 1 aliphatic heterocycles. The van der Waals surface area contributed by atoms with Crippen LogP contribution in [0.15, 0.2) is 58.5 Å². The highest BCUT2D eigenvalue weighted by atomic mass is 32.2. The van der Waals surface area contributed by atoms with Crippen LogP contribution in [-0.4, -0.2) is 64.4 Å². The van der Waals surface area contributed by atoms with Crippen molar-refractivity contribution in [3.05, 3.63) is 54.1 Å². The van der Waals surface area contributed by atoms with Crippen molar-refractivity contribution in [3.8, 4) is 11.5 Å². The SMILES string of the molecule is COc1ccc(OCC(=O)N/N=C(\C)c2ccc(S(=O)(=O)N3CCOCC3)cc2)cc1. The molecule has 1 heterocycles. The number of rotatable bonds is 8. The van der Waals surface area contributed by atoms with E-state index in [9.17, 15) is 13.2 Å². The quantitative estimate of drug-likeness (QED) is 0.487. The van der Waals surface area contributed by atoms with Crippen molar-refractivity contribution in [2.45, 2.75) is 11.8 Å². The van der Waals surface area contributed by atoms with E-state index < -0.39 is 15.9 Å². The van der Waals surface area contributed by atoms with E-state index in [1.165, 1.54) is 16.4 Å². The largest absolute Gasteiger partial charge is 0.497 e. The van der Waals surface area contributed by atoms with Crippen LogP contribution < -0.4 is 14.9 Å². The first-order valence-electron chi connectivity index (χ1n) is 9.68. The minimum Gasteiger partial charge on any atom is -0.497 e. The molecule has 0 spiro atoms. The van der Waals surface area contributed by atoms with Gasteiger partial charge in [0.1, 0.15) is 11.5 Å². The van der Waals surface area contributed by atoms with Crippen LogP contribution in [0.2, 0.25) is 0 Å². The Morgan fingerprint density at radius 1 is 1.06 bits per heavy atom. The standard InChI is InChI=1S/C21H25N3O6S/c1-16(22-23-21(25)15-30-19-7-5-18(28-2)6-8-19)17-3-9-20(10-4-17)31(26,27)24-11-13-29-14-12-24/h3-10H,11-15H2,1-2H3,(H,23,25)/b22-16+. The number of carbonyl (C=O) groups is 1. The Morgan fingerprint density at radius 3 is 2.29 bits per heavy atom. The summed E-state index contributed by atoms with van der Waals surface area (Å²) in [4.78, 5) is 12.2. The van der Waals surface area contributed by atoms with Gasteiger partial charge in [-0.3, -0.25) is 4.79 Å². The van der Waals surface area contributed by atoms with Crippen LogP contribution in [0, 0.1) is 0 Å². The summed E-state index contributed by atoms with van der Waals surface area (Å²) >= 11 is 0. The van der Waals surface area contributed by atoms with E-state index in [4.69, 9.17) is 14.2 Å². The number of morpholine rings is 1. The average molecular weight is 448 g/mol. The molecule has 2 aromatic rings. The molecule has 0 radical (unpaired) electrons. The summed E-state index contributed by atoms with van der Waals surface area (Å²) in [5.41, 5.74) is 3.66. The van der Waals surface area contributed by atoms with Gasteiger partial charge in [0.15, 0.2) is 6.61 Å². The van der Waals surface area contributed by atoms with Crippen molar-refractivity contribution in [2.75, 3.05) is 40.0 Å². The van der Waals surface area contributed by atoms with E-state index in [0.29, 0.717) is 49.1 Å². The fraction of sp³-hybridized carbons (Fsp3) is 0.333. The second-order valence-electron chi connectivity index (χ2n) is 6.74. The van der Waals surface area contributed by atoms with E-state index in [0.717, 1.165) is 0 Å². The smallest absolute Gasteiger partial charge is 0.277 e. The van der Waals surface area contributed by atoms with Crippen LogP contribution in [0.5, 0.6) is 11.5 Å². The number of benzene rings is 2. The maximum atomic E-state index is 12.7. The summed E-state index contributed by atoms with van der Waals surface area (Å²) in [6.07, 6.45) is 0. The first kappa shape index (κ1) is 22.7. The molecule has 0 aromatic heterocycles. The Kier molecular flexibility index (Phi) is 7.61. The number of amides is 1. The molecule has 10 heteroatoms. The predicted molar refractivity (Wildman–Crippen MR) is 115 cm³/mol. The topological polar surface area (TPSA) is 107 Å². The average Bonchev–Trinajstić information content (AvgIpc) is 2.82. The van der Waals surface area contributed by atoms with Crippen molar-refractivity contribution in [2.24, 2.45) is 5.10 Å². The summed E-state index contributed by atoms with van der Waals surface area (Å²) in [5, 5.41) is 4.06. The van der Waals surface area contributed by atoms with Gasteiger partial charge in [0.05, 0.1) is 30.9 Å². The monoisotopic (exact) mass is 447 g/mol. The highest BCUT2D eigenvalue weighted by Crippen LogP contribution is 2.18. The number of hydrogen-bond acceptors (Lipinski definition) is 7. The number of hydrazone groups is 1. The first-order valence-corrected chi connectivity index (χ1v) is 11.1. The third-order valence-corrected chi connectivity index (χ3v) is 6.57. The summed E-state index contributed by atoms with van der Waals surface area (Å²) in [5.74, 6) is 0.816. The van der Waals surface area contributed by atoms with Crippen LogP contribution in [0.25, 0.3) is 0 Å². The summed E-state index contributed by atoms with van der Waals surface area (Å²) in [7, 11) is -1.98. The molecular formula is C21H25N3O6S. The van der Waals surface area contributed by atoms with Gasteiger partial charge >= 0.3 is 0 Å². The molecule has 1 saturated heterocycles. The molecule has 166 valence electrons. The zero-order valence-corrected chi connectivity index (χ0v) is 18.2. The Bertz CT molecular complexity index is 1010. The maximum absolute atomic E-state index is 12.7. The van der Waals surface area contributed by atoms with Crippen molar-refractivity contribution >= 4 is 21.6 Å². The van der Waals surface area contributed by atoms with E-state index in [2.05, 4.69) is 10.5 Å². The number of sulfonamides is 1. The van der Waals surface area contributed by atoms with Gasteiger partial charge in [0.25, 0.3) is 5.91 Å². The molecule has 3 rings (SSSR count). The lowest BCUT2D eigenvalue weighted by molar-refractivity contribution is -0.123. The molecule has 1 amide bonds. The predicted octanol–water partition coefficient (Wildman–Crippen LogP) is 1.64. The van der Waals surface area contributed by atoms with Crippen molar-refractivity contribution < 1.29 is 27.4 Å². The van der Waals surface area contributed by atoms with Crippen LogP contribution in [-0.2, 0) is 19.6 Å². The Morgan fingerprint density at radius 2 is 1.68 bits per heavy atom. The molecule has 0 saturated carbocycles. The molecule has 9 nitrogen and oxygen atoms in total. The normalized spacial score (nSPS) is 15.4. The molecular weight excluding hydrogens is 422 g/mol. The number of nitrogens with zero attached hydrogens (tertiary/aromatic N) is 2. The third-order valence-electron chi connectivity index (χ3n) is 4.66. The fourth-order valence-electron chi connectivity index (χ4n) is 2.87. The summed E-state index contributed by atoms with van der Waals surface area (Å²) in [6, 6.07) is 13.3. The van der Waals surface area contributed by atoms with Gasteiger partial charge in [-0.2, -0.15) is 9.41 Å². The molecule has 31 heavy (non-hydrogen) atoms. The zero-order chi connectivity index (χ0) is 22.3. The van der Waals surface area contributed by atoms with E-state index in [-0.39, 0.29) is 11.5 Å². The highest BCUT2D eigenvalue weighted by Gasteiger charge is 2.26. The Labute approximate surface area is 181 Å². The molecule has 1 N–H and O–H groups in total. The van der Waals surface area contributed by atoms with Gasteiger partial charge in [-0.1, -0.05) is 12.1 Å². The zero-order valence-electron chi connectivity index (χ0n) is 17.4. The fourth-order valence-corrected chi connectivity index (χ4v) is 4.28. The Balaban J connectivity index is 1.55. The van der Waals surface area contributed by atoms with Crippen molar-refractivity contribution in [3.63, 3.8) is 0 Å². The number of carbonyl (C=O) groups excluding carboxylic acids is 1. The number of hydrogen-bond donors (Lipinski definition) is 1. The van der Waals surface area contributed by atoms with Gasteiger partial charge in [-0.25, -0.2) is 13.8 Å². The van der Waals surface area contributed by atoms with E-state index in [1.54, 1.807) is 50.4 Å². The Hall–Kier alpha value is -2.95. The maximum Gasteiger partial charge on any atom is 0.277 e. The van der Waals surface area contributed by atoms with Gasteiger partial charge in [-0.05, 0) is 48.9 Å². The van der Waals surface area contributed by atoms with Crippen LogP contribution >= 0.6 is 0 Å². The van der Waals surface area contributed by atoms with Crippen LogP contribution in [0.3, 0.4) is 0 Å². The second-order valence-corrected chi connectivity index (χ2v) is 8.68. The lowest BCUT2D eigenvalue weighted by Gasteiger charge is -2.26. The number of nitrogens with one attached hydrogen (secondary N) is 1. The molecule has 2 aromatic carbocycles. The molecule has 1 fully saturated rings. The highest BCUT2D eigenvalue weighted by molar-refractivity contribution is 7.89. The molecule has 1 aliphatic rings. The second kappa shape index (κ2) is 10.4. The van der Waals surface area contributed by atoms with E-state index >= 15 is 0 Å². The first-order chi connectivity index (χ1) is 14.9. The summed E-state index contributed by atoms with van der Waals surface area (Å²) in [6.45, 7) is 3.00. The van der Waals surface area contributed by atoms with Crippen molar-refractivity contribution in [1.29, 1.82) is 0 Å². The van der Waals surface area contributed by atoms with Gasteiger partial charge < -0.3 is 14.2 Å².